The smallest absolute Gasteiger partial charge is 0.310 e. The largest absolute Gasteiger partial charge is 0.497 e. The number of hydrogen-bond donors (Lipinski definition) is 1. The molecule has 11 heteroatoms. The van der Waals surface area contributed by atoms with Gasteiger partial charge in [-0.3, -0.25) is 19.7 Å². The molecule has 38 heavy (non-hydrogen) atoms. The lowest BCUT2D eigenvalue weighted by Crippen LogP contribution is -2.48. The summed E-state index contributed by atoms with van der Waals surface area (Å²) in [6.07, 6.45) is 0. The maximum Gasteiger partial charge on any atom is 0.310 e. The zero-order valence-electron chi connectivity index (χ0n) is 21.1. The number of ether oxygens (including phenoxy) is 3. The summed E-state index contributed by atoms with van der Waals surface area (Å²) in [6, 6.07) is 18.4. The Morgan fingerprint density at radius 1 is 0.921 bits per heavy atom. The number of nitrogens with one attached hydrogen (secondary N) is 1. The third-order valence-electron chi connectivity index (χ3n) is 6.10. The van der Waals surface area contributed by atoms with Gasteiger partial charge in [0.05, 0.1) is 19.1 Å². The summed E-state index contributed by atoms with van der Waals surface area (Å²) in [5.74, 6) is 0.643. The standard InChI is InChI=1S/C27H28N4O7/c1-36-22-15-19(16-23(17-22)37-2)27(33)30-13-11-29(12-14-30)21-9-7-20(8-10-21)28-26(32)18-38-25-6-4-3-5-24(25)31(34)35/h3-10,15-17H,11-14,18H2,1-2H3,(H,28,32). The zero-order valence-corrected chi connectivity index (χ0v) is 21.1. The number of methoxy groups -OCH3 is 2. The van der Waals surface area contributed by atoms with Crippen LogP contribution in [0.3, 0.4) is 0 Å². The van der Waals surface area contributed by atoms with E-state index in [4.69, 9.17) is 14.2 Å². The van der Waals surface area contributed by atoms with Crippen LogP contribution in [0.15, 0.2) is 66.7 Å². The Balaban J connectivity index is 1.29. The number of benzene rings is 3. The highest BCUT2D eigenvalue weighted by atomic mass is 16.6. The third-order valence-corrected chi connectivity index (χ3v) is 6.10. The maximum absolute atomic E-state index is 13.0. The van der Waals surface area contributed by atoms with E-state index >= 15 is 0 Å². The maximum atomic E-state index is 13.0. The Bertz CT molecular complexity index is 1280. The molecule has 0 aliphatic carbocycles. The number of nitrogens with zero attached hydrogens (tertiary/aromatic N) is 3. The second-order valence-corrected chi connectivity index (χ2v) is 8.49. The van der Waals surface area contributed by atoms with Crippen LogP contribution in [0.25, 0.3) is 0 Å². The molecule has 0 spiro atoms. The summed E-state index contributed by atoms with van der Waals surface area (Å²) in [5.41, 5.74) is 1.86. The molecule has 1 fully saturated rings. The summed E-state index contributed by atoms with van der Waals surface area (Å²) in [6.45, 7) is 2.06. The van der Waals surface area contributed by atoms with Crippen molar-refractivity contribution in [3.05, 3.63) is 82.4 Å². The van der Waals surface area contributed by atoms with Gasteiger partial charge in [0.2, 0.25) is 0 Å². The van der Waals surface area contributed by atoms with Crippen LogP contribution in [-0.4, -0.2) is 68.6 Å². The lowest BCUT2D eigenvalue weighted by atomic mass is 10.1. The van der Waals surface area contributed by atoms with Crippen molar-refractivity contribution in [3.8, 4) is 17.2 Å². The van der Waals surface area contributed by atoms with Crippen molar-refractivity contribution < 1.29 is 28.7 Å². The SMILES string of the molecule is COc1cc(OC)cc(C(=O)N2CCN(c3ccc(NC(=O)COc4ccccc4[N+](=O)[O-])cc3)CC2)c1. The number of rotatable bonds is 9. The van der Waals surface area contributed by atoms with E-state index in [1.807, 2.05) is 12.1 Å². The lowest BCUT2D eigenvalue weighted by Gasteiger charge is -2.36. The topological polar surface area (TPSA) is 123 Å². The molecule has 11 nitrogen and oxygen atoms in total. The predicted octanol–water partition coefficient (Wildman–Crippen LogP) is 3.59. The van der Waals surface area contributed by atoms with Crippen molar-refractivity contribution in [2.45, 2.75) is 0 Å². The van der Waals surface area contributed by atoms with Crippen LogP contribution in [0.4, 0.5) is 17.1 Å². The summed E-state index contributed by atoms with van der Waals surface area (Å²) in [4.78, 5) is 39.8. The Hall–Kier alpha value is -4.80. The molecular formula is C27H28N4O7. The first-order chi connectivity index (χ1) is 18.4. The molecular weight excluding hydrogens is 492 g/mol. The number of amides is 2. The Labute approximate surface area is 219 Å². The van der Waals surface area contributed by atoms with Gasteiger partial charge in [-0.25, -0.2) is 0 Å². The summed E-state index contributed by atoms with van der Waals surface area (Å²) in [5, 5.41) is 13.8. The van der Waals surface area contributed by atoms with Gasteiger partial charge in [0, 0.05) is 55.2 Å². The minimum atomic E-state index is -0.558. The number of para-hydroxylation sites is 2. The molecule has 1 aliphatic heterocycles. The molecule has 0 bridgehead atoms. The average Bonchev–Trinajstić information content (AvgIpc) is 2.96. The number of nitro benzene ring substituents is 1. The second-order valence-electron chi connectivity index (χ2n) is 8.49. The number of carbonyl (C=O) groups excluding carboxylic acids is 2. The number of hydrogen-bond acceptors (Lipinski definition) is 8. The van der Waals surface area contributed by atoms with Crippen LogP contribution in [0.1, 0.15) is 10.4 Å². The minimum Gasteiger partial charge on any atom is -0.497 e. The fourth-order valence-corrected chi connectivity index (χ4v) is 4.11. The number of anilines is 2. The summed E-state index contributed by atoms with van der Waals surface area (Å²) < 4.78 is 15.9. The van der Waals surface area contributed by atoms with E-state index in [-0.39, 0.29) is 24.0 Å². The van der Waals surface area contributed by atoms with Gasteiger partial charge >= 0.3 is 5.69 Å². The van der Waals surface area contributed by atoms with Crippen molar-refractivity contribution in [2.75, 3.05) is 57.2 Å². The van der Waals surface area contributed by atoms with E-state index < -0.39 is 10.8 Å². The fourth-order valence-electron chi connectivity index (χ4n) is 4.11. The Kier molecular flexibility index (Phi) is 8.27. The van der Waals surface area contributed by atoms with E-state index in [1.54, 1.807) is 55.5 Å². The molecule has 0 atom stereocenters. The van der Waals surface area contributed by atoms with Crippen molar-refractivity contribution in [3.63, 3.8) is 0 Å². The van der Waals surface area contributed by atoms with E-state index in [1.165, 1.54) is 18.2 Å². The second kappa shape index (κ2) is 12.0. The quantitative estimate of drug-likeness (QED) is 0.335. The molecule has 0 radical (unpaired) electrons. The van der Waals surface area contributed by atoms with Crippen LogP contribution < -0.4 is 24.4 Å². The number of piperazine rings is 1. The first kappa shape index (κ1) is 26.3. The third kappa shape index (κ3) is 6.30. The molecule has 3 aromatic rings. The van der Waals surface area contributed by atoms with Gasteiger partial charge in [-0.05, 0) is 42.5 Å². The van der Waals surface area contributed by atoms with E-state index in [0.717, 1.165) is 5.69 Å². The fraction of sp³-hybridized carbons (Fsp3) is 0.259. The highest BCUT2D eigenvalue weighted by Crippen LogP contribution is 2.27. The molecule has 0 unspecified atom stereocenters. The summed E-state index contributed by atoms with van der Waals surface area (Å²) in [7, 11) is 3.09. The van der Waals surface area contributed by atoms with E-state index in [2.05, 4.69) is 10.2 Å². The molecule has 1 heterocycles. The van der Waals surface area contributed by atoms with Crippen LogP contribution in [0.5, 0.6) is 17.2 Å². The number of nitro groups is 1. The highest BCUT2D eigenvalue weighted by molar-refractivity contribution is 5.95. The van der Waals surface area contributed by atoms with Crippen molar-refractivity contribution in [2.24, 2.45) is 0 Å². The Morgan fingerprint density at radius 2 is 1.55 bits per heavy atom. The molecule has 1 N–H and O–H groups in total. The molecule has 4 rings (SSSR count). The van der Waals surface area contributed by atoms with Crippen molar-refractivity contribution in [1.29, 1.82) is 0 Å². The monoisotopic (exact) mass is 520 g/mol. The van der Waals surface area contributed by atoms with Gasteiger partial charge in [0.1, 0.15) is 11.5 Å². The normalized spacial score (nSPS) is 13.0. The van der Waals surface area contributed by atoms with Crippen LogP contribution >= 0.6 is 0 Å². The van der Waals surface area contributed by atoms with Crippen LogP contribution in [0, 0.1) is 10.1 Å². The van der Waals surface area contributed by atoms with Gasteiger partial charge in [-0.2, -0.15) is 0 Å². The first-order valence-corrected chi connectivity index (χ1v) is 11.9. The van der Waals surface area contributed by atoms with Gasteiger partial charge < -0.3 is 29.3 Å². The lowest BCUT2D eigenvalue weighted by molar-refractivity contribution is -0.385. The van der Waals surface area contributed by atoms with E-state index in [9.17, 15) is 19.7 Å². The molecule has 3 aromatic carbocycles. The molecule has 1 aliphatic rings. The van der Waals surface area contributed by atoms with E-state index in [0.29, 0.717) is 48.9 Å². The van der Waals surface area contributed by atoms with Crippen molar-refractivity contribution >= 4 is 28.9 Å². The summed E-state index contributed by atoms with van der Waals surface area (Å²) >= 11 is 0. The average molecular weight is 521 g/mol. The number of carbonyl (C=O) groups is 2. The van der Waals surface area contributed by atoms with Gasteiger partial charge in [0.25, 0.3) is 11.8 Å². The molecule has 2 amide bonds. The zero-order chi connectivity index (χ0) is 27.1. The predicted molar refractivity (Wildman–Crippen MR) is 141 cm³/mol. The molecule has 0 saturated carbocycles. The van der Waals surface area contributed by atoms with Gasteiger partial charge in [-0.15, -0.1) is 0 Å². The first-order valence-electron chi connectivity index (χ1n) is 11.9. The molecule has 198 valence electrons. The molecule has 1 saturated heterocycles. The molecule has 0 aromatic heterocycles. The van der Waals surface area contributed by atoms with Gasteiger partial charge in [-0.1, -0.05) is 12.1 Å². The Morgan fingerprint density at radius 3 is 2.16 bits per heavy atom. The highest BCUT2D eigenvalue weighted by Gasteiger charge is 2.23. The van der Waals surface area contributed by atoms with Crippen molar-refractivity contribution in [1.82, 2.24) is 4.90 Å². The van der Waals surface area contributed by atoms with Crippen LogP contribution in [0.2, 0.25) is 0 Å². The van der Waals surface area contributed by atoms with Gasteiger partial charge in [0.15, 0.2) is 12.4 Å². The van der Waals surface area contributed by atoms with Crippen LogP contribution in [-0.2, 0) is 4.79 Å². The minimum absolute atomic E-state index is 0.0335.